The Balaban J connectivity index is 1.96. The minimum Gasteiger partial charge on any atom is -0.314 e. The van der Waals surface area contributed by atoms with Crippen LogP contribution in [0.25, 0.3) is 0 Å². The van der Waals surface area contributed by atoms with Crippen molar-refractivity contribution >= 4 is 11.6 Å². The molecular weight excluding hydrogens is 234 g/mol. The van der Waals surface area contributed by atoms with Gasteiger partial charge in [0.2, 0.25) is 0 Å². The third-order valence-corrected chi connectivity index (χ3v) is 3.96. The van der Waals surface area contributed by atoms with Gasteiger partial charge in [-0.05, 0) is 18.8 Å². The van der Waals surface area contributed by atoms with E-state index in [1.54, 1.807) is 0 Å². The van der Waals surface area contributed by atoms with Crippen molar-refractivity contribution in [3.63, 3.8) is 0 Å². The smallest absolute Gasteiger partial charge is 0.147 e. The lowest BCUT2D eigenvalue weighted by Crippen LogP contribution is -2.08. The number of alkyl halides is 1. The van der Waals surface area contributed by atoms with E-state index in [9.17, 15) is 0 Å². The second-order valence-corrected chi connectivity index (χ2v) is 5.27. The monoisotopic (exact) mass is 255 g/mol. The van der Waals surface area contributed by atoms with Crippen LogP contribution in [0, 0.1) is 5.92 Å². The van der Waals surface area contributed by atoms with Crippen molar-refractivity contribution in [1.82, 2.24) is 14.8 Å². The summed E-state index contributed by atoms with van der Waals surface area (Å²) < 4.78 is 2.21. The molecule has 1 aliphatic rings. The van der Waals surface area contributed by atoms with Crippen LogP contribution in [0.3, 0.4) is 0 Å². The first-order valence-electron chi connectivity index (χ1n) is 6.82. The van der Waals surface area contributed by atoms with E-state index in [0.29, 0.717) is 5.88 Å². The Morgan fingerprint density at radius 3 is 2.59 bits per heavy atom. The number of aromatic nitrogens is 3. The molecule has 4 heteroatoms. The van der Waals surface area contributed by atoms with Crippen LogP contribution in [0.2, 0.25) is 0 Å². The second-order valence-electron chi connectivity index (χ2n) is 5.01. The van der Waals surface area contributed by atoms with Crippen LogP contribution < -0.4 is 0 Å². The molecule has 1 heterocycles. The van der Waals surface area contributed by atoms with E-state index >= 15 is 0 Å². The lowest BCUT2D eigenvalue weighted by molar-refractivity contribution is 0.485. The molecule has 0 spiro atoms. The minimum atomic E-state index is 0.469. The fourth-order valence-corrected chi connectivity index (χ4v) is 2.97. The number of hydrogen-bond acceptors (Lipinski definition) is 2. The van der Waals surface area contributed by atoms with Crippen LogP contribution in [0.15, 0.2) is 0 Å². The van der Waals surface area contributed by atoms with Crippen LogP contribution >= 0.6 is 11.6 Å². The van der Waals surface area contributed by atoms with E-state index in [4.69, 9.17) is 11.6 Å². The summed E-state index contributed by atoms with van der Waals surface area (Å²) in [6.45, 7) is 3.17. The average molecular weight is 256 g/mol. The fourth-order valence-electron chi connectivity index (χ4n) is 2.77. The number of hydrogen-bond donors (Lipinski definition) is 0. The molecule has 0 aromatic carbocycles. The molecule has 0 amide bonds. The van der Waals surface area contributed by atoms with Gasteiger partial charge in [0, 0.05) is 13.0 Å². The van der Waals surface area contributed by atoms with Crippen molar-refractivity contribution in [2.75, 3.05) is 0 Å². The van der Waals surface area contributed by atoms with Crippen LogP contribution in [0.5, 0.6) is 0 Å². The highest BCUT2D eigenvalue weighted by Gasteiger charge is 2.17. The Labute approximate surface area is 109 Å². The molecule has 0 bridgehead atoms. The second kappa shape index (κ2) is 6.39. The van der Waals surface area contributed by atoms with Crippen molar-refractivity contribution in [3.8, 4) is 0 Å². The summed E-state index contributed by atoms with van der Waals surface area (Å²) in [5.74, 6) is 3.45. The average Bonchev–Trinajstić information content (AvgIpc) is 2.96. The molecule has 1 saturated carbocycles. The number of aryl methyl sites for hydroxylation is 1. The van der Waals surface area contributed by atoms with E-state index in [-0.39, 0.29) is 0 Å². The maximum absolute atomic E-state index is 5.89. The molecule has 0 unspecified atom stereocenters. The van der Waals surface area contributed by atoms with Gasteiger partial charge < -0.3 is 4.57 Å². The largest absolute Gasteiger partial charge is 0.314 e. The van der Waals surface area contributed by atoms with E-state index in [1.165, 1.54) is 32.1 Å². The third kappa shape index (κ3) is 3.21. The molecule has 3 nitrogen and oxygen atoms in total. The van der Waals surface area contributed by atoms with Crippen LogP contribution in [-0.2, 0) is 18.8 Å². The van der Waals surface area contributed by atoms with Crippen LogP contribution in [0.1, 0.15) is 57.1 Å². The van der Waals surface area contributed by atoms with Gasteiger partial charge in [-0.2, -0.15) is 0 Å². The molecular formula is C13H22ClN3. The molecule has 1 fully saturated rings. The van der Waals surface area contributed by atoms with Gasteiger partial charge in [0.25, 0.3) is 0 Å². The quantitative estimate of drug-likeness (QED) is 0.728. The Hall–Kier alpha value is -0.570. The summed E-state index contributed by atoms with van der Waals surface area (Å²) in [4.78, 5) is 0. The molecule has 0 aliphatic heterocycles. The summed E-state index contributed by atoms with van der Waals surface area (Å²) in [6.07, 6.45) is 9.09. The van der Waals surface area contributed by atoms with Gasteiger partial charge in [0.05, 0.1) is 5.88 Å². The van der Waals surface area contributed by atoms with Gasteiger partial charge in [-0.3, -0.25) is 0 Å². The molecule has 0 saturated heterocycles. The highest BCUT2D eigenvalue weighted by atomic mass is 35.5. The first-order chi connectivity index (χ1) is 8.35. The fraction of sp³-hybridized carbons (Fsp3) is 0.846. The van der Waals surface area contributed by atoms with Crippen LogP contribution in [0.4, 0.5) is 0 Å². The maximum Gasteiger partial charge on any atom is 0.147 e. The van der Waals surface area contributed by atoms with Gasteiger partial charge in [-0.1, -0.05) is 32.6 Å². The summed E-state index contributed by atoms with van der Waals surface area (Å²) in [7, 11) is 0. The predicted octanol–water partition coefficient (Wildman–Crippen LogP) is 3.55. The zero-order valence-corrected chi connectivity index (χ0v) is 11.4. The normalized spacial score (nSPS) is 16.8. The van der Waals surface area contributed by atoms with Crippen LogP contribution in [-0.4, -0.2) is 14.8 Å². The highest BCUT2D eigenvalue weighted by molar-refractivity contribution is 6.16. The van der Waals surface area contributed by atoms with Crippen molar-refractivity contribution < 1.29 is 0 Å². The van der Waals surface area contributed by atoms with E-state index in [1.807, 2.05) is 0 Å². The SMILES string of the molecule is CCCn1c(CCl)nnc1CCC1CCCC1. The lowest BCUT2D eigenvalue weighted by Gasteiger charge is -2.10. The number of nitrogens with zero attached hydrogens (tertiary/aromatic N) is 3. The van der Waals surface area contributed by atoms with E-state index < -0.39 is 0 Å². The van der Waals surface area contributed by atoms with Crippen molar-refractivity contribution in [1.29, 1.82) is 0 Å². The molecule has 1 aromatic rings. The molecule has 0 atom stereocenters. The van der Waals surface area contributed by atoms with E-state index in [0.717, 1.165) is 37.0 Å². The van der Waals surface area contributed by atoms with E-state index in [2.05, 4.69) is 21.7 Å². The molecule has 96 valence electrons. The molecule has 0 N–H and O–H groups in total. The molecule has 1 aliphatic carbocycles. The Morgan fingerprint density at radius 2 is 1.94 bits per heavy atom. The van der Waals surface area contributed by atoms with Crippen molar-refractivity contribution in [2.24, 2.45) is 5.92 Å². The molecule has 0 radical (unpaired) electrons. The molecule has 2 rings (SSSR count). The first kappa shape index (κ1) is 12.9. The zero-order chi connectivity index (χ0) is 12.1. The summed E-state index contributed by atoms with van der Waals surface area (Å²) in [5.41, 5.74) is 0. The Kier molecular flexibility index (Phi) is 4.84. The maximum atomic E-state index is 5.89. The van der Waals surface area contributed by atoms with Gasteiger partial charge in [-0.15, -0.1) is 21.8 Å². The zero-order valence-electron chi connectivity index (χ0n) is 10.7. The van der Waals surface area contributed by atoms with Gasteiger partial charge in [0.1, 0.15) is 11.6 Å². The van der Waals surface area contributed by atoms with Crippen molar-refractivity contribution in [3.05, 3.63) is 11.6 Å². The summed E-state index contributed by atoms with van der Waals surface area (Å²) in [5, 5.41) is 8.47. The highest BCUT2D eigenvalue weighted by Crippen LogP contribution is 2.28. The van der Waals surface area contributed by atoms with Gasteiger partial charge in [-0.25, -0.2) is 0 Å². The molecule has 1 aromatic heterocycles. The van der Waals surface area contributed by atoms with Gasteiger partial charge >= 0.3 is 0 Å². The predicted molar refractivity (Wildman–Crippen MR) is 70.1 cm³/mol. The standard InChI is InChI=1S/C13H22ClN3/c1-2-9-17-12(15-16-13(17)10-14)8-7-11-5-3-4-6-11/h11H,2-10H2,1H3. The summed E-state index contributed by atoms with van der Waals surface area (Å²) >= 11 is 5.89. The Bertz CT molecular complexity index is 342. The number of halogens is 1. The minimum absolute atomic E-state index is 0.469. The molecule has 17 heavy (non-hydrogen) atoms. The topological polar surface area (TPSA) is 30.7 Å². The number of rotatable bonds is 6. The van der Waals surface area contributed by atoms with Gasteiger partial charge in [0.15, 0.2) is 0 Å². The Morgan fingerprint density at radius 1 is 1.24 bits per heavy atom. The third-order valence-electron chi connectivity index (χ3n) is 3.72. The summed E-state index contributed by atoms with van der Waals surface area (Å²) in [6, 6.07) is 0. The van der Waals surface area contributed by atoms with Crippen molar-refractivity contribution in [2.45, 2.75) is 64.3 Å². The lowest BCUT2D eigenvalue weighted by atomic mass is 10.0. The first-order valence-corrected chi connectivity index (χ1v) is 7.35.